The number of carbonyl (C=O) groups excluding carboxylic acids is 1. The third kappa shape index (κ3) is 4.48. The number of esters is 1. The van der Waals surface area contributed by atoms with Crippen LogP contribution in [0.4, 0.5) is 0 Å². The Morgan fingerprint density at radius 1 is 0.947 bits per heavy atom. The summed E-state index contributed by atoms with van der Waals surface area (Å²) in [6.45, 7) is 0. The highest BCUT2D eigenvalue weighted by molar-refractivity contribution is 5.76. The van der Waals surface area contributed by atoms with Gasteiger partial charge in [0.1, 0.15) is 6.04 Å². The molecule has 3 nitrogen and oxygen atoms in total. The van der Waals surface area contributed by atoms with E-state index in [-0.39, 0.29) is 12.0 Å². The van der Waals surface area contributed by atoms with Gasteiger partial charge in [0.25, 0.3) is 0 Å². The summed E-state index contributed by atoms with van der Waals surface area (Å²) >= 11 is 0. The molecule has 0 bridgehead atoms. The number of hydrogen-bond donors (Lipinski definition) is 1. The largest absolute Gasteiger partial charge is 0.468 e. The molecule has 19 heavy (non-hydrogen) atoms. The van der Waals surface area contributed by atoms with E-state index in [9.17, 15) is 4.79 Å². The average molecular weight is 267 g/mol. The SMILES string of the molecule is COC(=O)C(NC1CCCCCC1)C1CCCCC1. The van der Waals surface area contributed by atoms with E-state index in [1.54, 1.807) is 0 Å². The van der Waals surface area contributed by atoms with E-state index < -0.39 is 0 Å². The Morgan fingerprint density at radius 3 is 2.05 bits per heavy atom. The van der Waals surface area contributed by atoms with Crippen molar-refractivity contribution in [3.8, 4) is 0 Å². The molecule has 110 valence electrons. The number of rotatable bonds is 4. The van der Waals surface area contributed by atoms with Crippen LogP contribution in [0.5, 0.6) is 0 Å². The maximum absolute atomic E-state index is 12.1. The van der Waals surface area contributed by atoms with Crippen LogP contribution in [-0.2, 0) is 9.53 Å². The van der Waals surface area contributed by atoms with Gasteiger partial charge in [-0.3, -0.25) is 4.79 Å². The second kappa shape index (κ2) is 7.88. The minimum Gasteiger partial charge on any atom is -0.468 e. The Kier molecular flexibility index (Phi) is 6.15. The van der Waals surface area contributed by atoms with Gasteiger partial charge in [-0.2, -0.15) is 0 Å². The molecule has 2 saturated carbocycles. The van der Waals surface area contributed by atoms with Crippen molar-refractivity contribution in [2.45, 2.75) is 82.7 Å². The zero-order chi connectivity index (χ0) is 13.5. The van der Waals surface area contributed by atoms with Crippen LogP contribution in [0, 0.1) is 5.92 Å². The highest BCUT2D eigenvalue weighted by Gasteiger charge is 2.32. The Labute approximate surface area is 117 Å². The van der Waals surface area contributed by atoms with Crippen LogP contribution in [0.25, 0.3) is 0 Å². The minimum atomic E-state index is -0.0617. The second-order valence-corrected chi connectivity index (χ2v) is 6.25. The third-order valence-electron chi connectivity index (χ3n) is 4.85. The predicted molar refractivity (Wildman–Crippen MR) is 77.0 cm³/mol. The van der Waals surface area contributed by atoms with Crippen LogP contribution in [0.3, 0.4) is 0 Å². The van der Waals surface area contributed by atoms with Crippen LogP contribution in [0.2, 0.25) is 0 Å². The molecule has 2 rings (SSSR count). The lowest BCUT2D eigenvalue weighted by molar-refractivity contribution is -0.145. The van der Waals surface area contributed by atoms with Gasteiger partial charge in [0.05, 0.1) is 7.11 Å². The molecular formula is C16H29NO2. The first kappa shape index (κ1) is 14.8. The number of nitrogens with one attached hydrogen (secondary N) is 1. The average Bonchev–Trinajstić information content (AvgIpc) is 2.73. The smallest absolute Gasteiger partial charge is 0.323 e. The lowest BCUT2D eigenvalue weighted by atomic mass is 9.83. The van der Waals surface area contributed by atoms with E-state index >= 15 is 0 Å². The van der Waals surface area contributed by atoms with Gasteiger partial charge in [-0.05, 0) is 31.6 Å². The maximum Gasteiger partial charge on any atom is 0.323 e. The van der Waals surface area contributed by atoms with Crippen LogP contribution in [0.15, 0.2) is 0 Å². The molecule has 0 spiro atoms. The molecule has 2 aliphatic rings. The fourth-order valence-electron chi connectivity index (χ4n) is 3.69. The van der Waals surface area contributed by atoms with Crippen LogP contribution in [-0.4, -0.2) is 25.2 Å². The summed E-state index contributed by atoms with van der Waals surface area (Å²) < 4.78 is 5.04. The zero-order valence-electron chi connectivity index (χ0n) is 12.3. The lowest BCUT2D eigenvalue weighted by Crippen LogP contribution is -2.48. The molecule has 3 heteroatoms. The van der Waals surface area contributed by atoms with E-state index in [0.717, 1.165) is 0 Å². The highest BCUT2D eigenvalue weighted by Crippen LogP contribution is 2.28. The Bertz CT molecular complexity index is 266. The van der Waals surface area contributed by atoms with Gasteiger partial charge in [0, 0.05) is 6.04 Å². The fraction of sp³-hybridized carbons (Fsp3) is 0.938. The molecule has 1 atom stereocenters. The van der Waals surface area contributed by atoms with Crippen LogP contribution < -0.4 is 5.32 Å². The van der Waals surface area contributed by atoms with Crippen molar-refractivity contribution < 1.29 is 9.53 Å². The zero-order valence-corrected chi connectivity index (χ0v) is 12.3. The molecule has 0 heterocycles. The summed E-state index contributed by atoms with van der Waals surface area (Å²) in [5, 5.41) is 3.64. The standard InChI is InChI=1S/C16H29NO2/c1-19-16(18)15(13-9-5-4-6-10-13)17-14-11-7-2-3-8-12-14/h13-15,17H,2-12H2,1H3. The van der Waals surface area contributed by atoms with Gasteiger partial charge in [-0.15, -0.1) is 0 Å². The Balaban J connectivity index is 1.93. The first-order chi connectivity index (χ1) is 9.31. The molecule has 1 unspecified atom stereocenters. The first-order valence-corrected chi connectivity index (χ1v) is 8.15. The molecule has 0 aromatic heterocycles. The predicted octanol–water partition coefficient (Wildman–Crippen LogP) is 3.42. The molecule has 1 N–H and O–H groups in total. The van der Waals surface area contributed by atoms with Gasteiger partial charge in [-0.25, -0.2) is 0 Å². The third-order valence-corrected chi connectivity index (χ3v) is 4.85. The van der Waals surface area contributed by atoms with Crippen molar-refractivity contribution in [2.75, 3.05) is 7.11 Å². The molecule has 2 aliphatic carbocycles. The monoisotopic (exact) mass is 267 g/mol. The maximum atomic E-state index is 12.1. The van der Waals surface area contributed by atoms with Gasteiger partial charge < -0.3 is 10.1 Å². The number of ether oxygens (including phenoxy) is 1. The van der Waals surface area contributed by atoms with Crippen molar-refractivity contribution in [3.05, 3.63) is 0 Å². The van der Waals surface area contributed by atoms with Crippen molar-refractivity contribution in [1.29, 1.82) is 0 Å². The van der Waals surface area contributed by atoms with E-state index in [1.165, 1.54) is 77.7 Å². The molecular weight excluding hydrogens is 238 g/mol. The van der Waals surface area contributed by atoms with Gasteiger partial charge in [-0.1, -0.05) is 44.9 Å². The van der Waals surface area contributed by atoms with Crippen molar-refractivity contribution in [2.24, 2.45) is 5.92 Å². The molecule has 0 amide bonds. The lowest BCUT2D eigenvalue weighted by Gasteiger charge is -2.32. The number of methoxy groups -OCH3 is 1. The molecule has 0 aromatic carbocycles. The van der Waals surface area contributed by atoms with Crippen LogP contribution >= 0.6 is 0 Å². The first-order valence-electron chi connectivity index (χ1n) is 8.15. The molecule has 0 aliphatic heterocycles. The Hall–Kier alpha value is -0.570. The molecule has 0 aromatic rings. The van der Waals surface area contributed by atoms with Gasteiger partial charge in [0.2, 0.25) is 0 Å². The fourth-order valence-corrected chi connectivity index (χ4v) is 3.69. The summed E-state index contributed by atoms with van der Waals surface area (Å²) in [4.78, 5) is 12.1. The minimum absolute atomic E-state index is 0.0452. The summed E-state index contributed by atoms with van der Waals surface area (Å²) in [5.74, 6) is 0.445. The molecule has 0 radical (unpaired) electrons. The van der Waals surface area contributed by atoms with Crippen molar-refractivity contribution in [3.63, 3.8) is 0 Å². The highest BCUT2D eigenvalue weighted by atomic mass is 16.5. The summed E-state index contributed by atoms with van der Waals surface area (Å²) in [5.41, 5.74) is 0. The van der Waals surface area contributed by atoms with E-state index in [1.807, 2.05) is 0 Å². The van der Waals surface area contributed by atoms with E-state index in [2.05, 4.69) is 5.32 Å². The van der Waals surface area contributed by atoms with E-state index in [0.29, 0.717) is 12.0 Å². The Morgan fingerprint density at radius 2 is 1.47 bits per heavy atom. The molecule has 0 saturated heterocycles. The summed E-state index contributed by atoms with van der Waals surface area (Å²) in [6.07, 6.45) is 14.0. The molecule has 2 fully saturated rings. The van der Waals surface area contributed by atoms with Crippen LogP contribution in [0.1, 0.15) is 70.6 Å². The summed E-state index contributed by atoms with van der Waals surface area (Å²) in [7, 11) is 1.52. The second-order valence-electron chi connectivity index (χ2n) is 6.25. The number of hydrogen-bond acceptors (Lipinski definition) is 3. The quantitative estimate of drug-likeness (QED) is 0.626. The van der Waals surface area contributed by atoms with Crippen molar-refractivity contribution in [1.82, 2.24) is 5.32 Å². The summed E-state index contributed by atoms with van der Waals surface area (Å²) in [6, 6.07) is 0.460. The normalized spacial score (nSPS) is 24.7. The van der Waals surface area contributed by atoms with E-state index in [4.69, 9.17) is 4.74 Å². The topological polar surface area (TPSA) is 38.3 Å². The van der Waals surface area contributed by atoms with Crippen molar-refractivity contribution >= 4 is 5.97 Å². The van der Waals surface area contributed by atoms with Gasteiger partial charge >= 0.3 is 5.97 Å². The van der Waals surface area contributed by atoms with Gasteiger partial charge in [0.15, 0.2) is 0 Å². The number of carbonyl (C=O) groups is 1.